The molecule has 5 nitrogen and oxygen atoms in total. The van der Waals surface area contributed by atoms with Crippen LogP contribution in [0.1, 0.15) is 39.5 Å². The summed E-state index contributed by atoms with van der Waals surface area (Å²) in [5.74, 6) is 1.40. The van der Waals surface area contributed by atoms with Crippen molar-refractivity contribution in [2.75, 3.05) is 21.9 Å². The van der Waals surface area contributed by atoms with Gasteiger partial charge in [0.15, 0.2) is 0 Å². The van der Waals surface area contributed by atoms with Crippen LogP contribution in [0.2, 0.25) is 0 Å². The summed E-state index contributed by atoms with van der Waals surface area (Å²) in [6.45, 7) is 6.00. The Morgan fingerprint density at radius 2 is 2.16 bits per heavy atom. The van der Waals surface area contributed by atoms with Gasteiger partial charge in [0.05, 0.1) is 0 Å². The van der Waals surface area contributed by atoms with Gasteiger partial charge in [-0.05, 0) is 0 Å². The van der Waals surface area contributed by atoms with Crippen LogP contribution in [0.4, 0.5) is 0 Å². The van der Waals surface area contributed by atoms with E-state index >= 15 is 0 Å². The Hall–Kier alpha value is -0.650. The Balaban J connectivity index is 1.71. The summed E-state index contributed by atoms with van der Waals surface area (Å²) in [6, 6.07) is 2.56. The minimum absolute atomic E-state index is 0.0520. The number of likely N-dealkylation sites (tertiary alicyclic amines) is 1. The molecule has 3 aliphatic rings. The number of nitrogens with zero attached hydrogens (tertiary/aromatic N) is 2. The number of piperidine rings is 1. The van der Waals surface area contributed by atoms with Gasteiger partial charge in [0.25, 0.3) is 0 Å². The topological polar surface area (TPSA) is 68.2 Å². The van der Waals surface area contributed by atoms with Gasteiger partial charge in [-0.1, -0.05) is 0 Å². The molecule has 25 heavy (non-hydrogen) atoms. The Bertz CT molecular complexity index is 558. The molecule has 3 aliphatic heterocycles. The van der Waals surface area contributed by atoms with Gasteiger partial charge in [0.1, 0.15) is 0 Å². The van der Waals surface area contributed by atoms with E-state index in [2.05, 4.69) is 30.6 Å². The quantitative estimate of drug-likeness (QED) is 0.229. The fraction of sp³-hybridized carbons (Fsp3) is 0.789. The third-order valence-corrected chi connectivity index (χ3v) is 9.10. The van der Waals surface area contributed by atoms with Crippen LogP contribution < -0.4 is 31.8 Å². The molecule has 3 saturated heterocycles. The molecule has 0 aromatic carbocycles. The molecule has 3 fully saturated rings. The number of carbonyl (C=O) groups is 1. The number of hydrogen-bond acceptors (Lipinski definition) is 4. The van der Waals surface area contributed by atoms with Crippen LogP contribution in [0.15, 0.2) is 11.6 Å². The Labute approximate surface area is 161 Å². The molecule has 1 amide bonds. The van der Waals surface area contributed by atoms with E-state index in [1.807, 2.05) is 11.0 Å². The predicted molar refractivity (Wildman–Crippen MR) is 94.4 cm³/mol. The number of nitrogens with one attached hydrogen (secondary N) is 2. The number of fused-ring (bicyclic) bond motifs is 1. The summed E-state index contributed by atoms with van der Waals surface area (Å²) >= 11 is 0.301. The van der Waals surface area contributed by atoms with Crippen molar-refractivity contribution < 1.29 is 26.0 Å². The van der Waals surface area contributed by atoms with Crippen LogP contribution in [-0.2, 0) is 4.79 Å². The Kier molecular flexibility index (Phi) is 6.75. The third-order valence-electron chi connectivity index (χ3n) is 5.94. The molecule has 0 spiro atoms. The molecule has 140 valence electrons. The second kappa shape index (κ2) is 8.83. The van der Waals surface area contributed by atoms with Gasteiger partial charge in [0, 0.05) is 0 Å². The standard InChI is InChI=1S/C19H30IN4O/c1-13-18-11-20-7-3-4-15(18)6-9-24(13)19(25)16(12-21)10-17-5-8-22-14(2)23-17/h10,13-15,17-18,22-23H,3-9,11H2,1-2H3/q-1/b16-10+. The normalized spacial score (nSPS) is 37.2. The number of rotatable bonds is 2. The Morgan fingerprint density at radius 1 is 1.32 bits per heavy atom. The zero-order chi connectivity index (χ0) is 17.8. The monoisotopic (exact) mass is 457 g/mol. The molecule has 0 aromatic rings. The second-order valence-electron chi connectivity index (χ2n) is 7.56. The third kappa shape index (κ3) is 4.55. The molecule has 0 radical (unpaired) electrons. The van der Waals surface area contributed by atoms with E-state index in [0.29, 0.717) is 32.7 Å². The summed E-state index contributed by atoms with van der Waals surface area (Å²) in [6.07, 6.45) is 6.83. The van der Waals surface area contributed by atoms with Crippen molar-refractivity contribution in [3.05, 3.63) is 11.6 Å². The summed E-state index contributed by atoms with van der Waals surface area (Å²) in [5.41, 5.74) is 0.320. The summed E-state index contributed by atoms with van der Waals surface area (Å²) in [4.78, 5) is 15.1. The summed E-state index contributed by atoms with van der Waals surface area (Å²) in [7, 11) is 0. The molecule has 0 bridgehead atoms. The fourth-order valence-corrected chi connectivity index (χ4v) is 8.04. The van der Waals surface area contributed by atoms with E-state index in [-0.39, 0.29) is 24.2 Å². The summed E-state index contributed by atoms with van der Waals surface area (Å²) in [5, 5.41) is 16.3. The first-order chi connectivity index (χ1) is 12.1. The van der Waals surface area contributed by atoms with E-state index in [1.54, 1.807) is 0 Å². The van der Waals surface area contributed by atoms with Gasteiger partial charge < -0.3 is 0 Å². The molecule has 2 N–H and O–H groups in total. The molecule has 0 aromatic heterocycles. The summed E-state index contributed by atoms with van der Waals surface area (Å²) < 4.78 is 2.78. The van der Waals surface area contributed by atoms with E-state index in [4.69, 9.17) is 0 Å². The molecule has 3 heterocycles. The van der Waals surface area contributed by atoms with Crippen molar-refractivity contribution >= 4 is 5.91 Å². The fourth-order valence-electron chi connectivity index (χ4n) is 4.45. The molecular weight excluding hydrogens is 427 g/mol. The Morgan fingerprint density at radius 3 is 2.92 bits per heavy atom. The van der Waals surface area contributed by atoms with Crippen molar-refractivity contribution in [2.45, 2.75) is 57.8 Å². The van der Waals surface area contributed by atoms with Gasteiger partial charge in [-0.3, -0.25) is 0 Å². The van der Waals surface area contributed by atoms with Crippen LogP contribution in [0.5, 0.6) is 0 Å². The van der Waals surface area contributed by atoms with Crippen LogP contribution >= 0.6 is 0 Å². The van der Waals surface area contributed by atoms with Crippen molar-refractivity contribution in [2.24, 2.45) is 11.8 Å². The van der Waals surface area contributed by atoms with Crippen LogP contribution in [-0.4, -0.2) is 51.0 Å². The van der Waals surface area contributed by atoms with Crippen molar-refractivity contribution in [1.82, 2.24) is 15.5 Å². The molecule has 6 heteroatoms. The zero-order valence-electron chi connectivity index (χ0n) is 15.3. The van der Waals surface area contributed by atoms with Gasteiger partial charge >= 0.3 is 162 Å². The average molecular weight is 457 g/mol. The van der Waals surface area contributed by atoms with Crippen LogP contribution in [0.3, 0.4) is 0 Å². The zero-order valence-corrected chi connectivity index (χ0v) is 17.5. The van der Waals surface area contributed by atoms with E-state index in [1.165, 1.54) is 21.7 Å². The maximum atomic E-state index is 13.1. The number of amides is 1. The van der Waals surface area contributed by atoms with E-state index in [9.17, 15) is 10.1 Å². The minimum atomic E-state index is -0.0520. The van der Waals surface area contributed by atoms with Gasteiger partial charge in [-0.15, -0.1) is 0 Å². The van der Waals surface area contributed by atoms with Crippen LogP contribution in [0, 0.1) is 23.2 Å². The van der Waals surface area contributed by atoms with Crippen molar-refractivity contribution in [3.8, 4) is 6.07 Å². The molecule has 0 aliphatic carbocycles. The maximum absolute atomic E-state index is 13.1. The van der Waals surface area contributed by atoms with E-state index in [0.717, 1.165) is 31.8 Å². The first-order valence-corrected chi connectivity index (χ1v) is 12.6. The first kappa shape index (κ1) is 19.1. The number of alkyl halides is 2. The second-order valence-corrected chi connectivity index (χ2v) is 10.6. The van der Waals surface area contributed by atoms with Gasteiger partial charge in [-0.25, -0.2) is 0 Å². The predicted octanol–water partition coefficient (Wildman–Crippen LogP) is -1.53. The number of carbonyl (C=O) groups excluding carboxylic acids is 1. The SMILES string of the molecule is CC1NCCC(/C=C(\C#N)C(=O)N2CCC3CCC[I-]CC3C2C)N1. The molecule has 0 saturated carbocycles. The number of hydrogen-bond donors (Lipinski definition) is 2. The van der Waals surface area contributed by atoms with Crippen molar-refractivity contribution in [3.63, 3.8) is 0 Å². The molecule has 5 atom stereocenters. The van der Waals surface area contributed by atoms with Crippen LogP contribution in [0.25, 0.3) is 0 Å². The number of halogens is 1. The molecule has 5 unspecified atom stereocenters. The number of nitriles is 1. The van der Waals surface area contributed by atoms with Gasteiger partial charge in [0.2, 0.25) is 0 Å². The van der Waals surface area contributed by atoms with E-state index < -0.39 is 0 Å². The average Bonchev–Trinajstić information content (AvgIpc) is 2.85. The van der Waals surface area contributed by atoms with Crippen molar-refractivity contribution in [1.29, 1.82) is 5.26 Å². The first-order valence-electron chi connectivity index (χ1n) is 9.56. The molecule has 3 rings (SSSR count). The molecular formula is C19H30IN4O-. The van der Waals surface area contributed by atoms with Gasteiger partial charge in [-0.2, -0.15) is 0 Å².